The van der Waals surface area contributed by atoms with E-state index in [1.807, 2.05) is 48.5 Å². The molecule has 31 heavy (non-hydrogen) atoms. The van der Waals surface area contributed by atoms with E-state index >= 15 is 0 Å². The molecule has 0 atom stereocenters. The summed E-state index contributed by atoms with van der Waals surface area (Å²) in [7, 11) is -0.744. The number of benzene rings is 3. The number of nitrogens with zero attached hydrogens (tertiary/aromatic N) is 2. The van der Waals surface area contributed by atoms with Crippen LogP contribution in [0.4, 0.5) is 5.13 Å². The van der Waals surface area contributed by atoms with Crippen molar-refractivity contribution < 1.29 is 17.9 Å². The summed E-state index contributed by atoms with van der Waals surface area (Å²) in [6.07, 6.45) is 0. The lowest BCUT2D eigenvalue weighted by atomic mass is 10.2. The molecule has 4 aromatic rings. The second-order valence-electron chi connectivity index (χ2n) is 6.83. The molecule has 0 aliphatic carbocycles. The summed E-state index contributed by atoms with van der Waals surface area (Å²) in [5.74, 6) is 0.963. The van der Waals surface area contributed by atoms with Crippen LogP contribution in [-0.2, 0) is 10.0 Å². The van der Waals surface area contributed by atoms with E-state index in [9.17, 15) is 13.2 Å². The van der Waals surface area contributed by atoms with E-state index in [1.165, 1.54) is 43.6 Å². The lowest BCUT2D eigenvalue weighted by Crippen LogP contribution is -2.22. The second-order valence-corrected chi connectivity index (χ2v) is 10.0. The van der Waals surface area contributed by atoms with Crippen molar-refractivity contribution in [2.75, 3.05) is 19.4 Å². The fraction of sp³-hybridized carbons (Fsp3) is 0.0909. The van der Waals surface area contributed by atoms with Crippen LogP contribution in [0.2, 0.25) is 0 Å². The maximum absolute atomic E-state index is 12.7. The summed E-state index contributed by atoms with van der Waals surface area (Å²) in [6.45, 7) is 0. The normalized spacial score (nSPS) is 11.6. The van der Waals surface area contributed by atoms with Gasteiger partial charge in [-0.05, 0) is 42.5 Å². The highest BCUT2D eigenvalue weighted by Gasteiger charge is 2.19. The highest BCUT2D eigenvalue weighted by Crippen LogP contribution is 2.31. The molecular weight excluding hydrogens is 434 g/mol. The minimum Gasteiger partial charge on any atom is -0.457 e. The molecule has 0 aliphatic heterocycles. The highest BCUT2D eigenvalue weighted by atomic mass is 32.2. The molecule has 0 unspecified atom stereocenters. The molecule has 9 heteroatoms. The van der Waals surface area contributed by atoms with E-state index in [-0.39, 0.29) is 10.5 Å². The molecule has 158 valence electrons. The van der Waals surface area contributed by atoms with E-state index in [2.05, 4.69) is 10.3 Å². The number of ether oxygens (including phenoxy) is 1. The molecule has 4 rings (SSSR count). The average Bonchev–Trinajstić information content (AvgIpc) is 3.16. The van der Waals surface area contributed by atoms with Crippen molar-refractivity contribution in [3.8, 4) is 11.5 Å². The van der Waals surface area contributed by atoms with Crippen LogP contribution >= 0.6 is 11.3 Å². The van der Waals surface area contributed by atoms with Crippen LogP contribution in [0.25, 0.3) is 10.2 Å². The van der Waals surface area contributed by atoms with Crippen molar-refractivity contribution in [3.05, 3.63) is 78.4 Å². The quantitative estimate of drug-likeness (QED) is 0.461. The Bertz CT molecular complexity index is 1350. The molecule has 1 aromatic heterocycles. The monoisotopic (exact) mass is 453 g/mol. The molecule has 0 saturated heterocycles. The van der Waals surface area contributed by atoms with Crippen molar-refractivity contribution in [1.82, 2.24) is 9.29 Å². The molecule has 0 bridgehead atoms. The Hall–Kier alpha value is -3.27. The smallest absolute Gasteiger partial charge is 0.257 e. The molecule has 0 spiro atoms. The van der Waals surface area contributed by atoms with E-state index in [1.54, 1.807) is 6.07 Å². The minimum atomic E-state index is -3.63. The average molecular weight is 454 g/mol. The Kier molecular flexibility index (Phi) is 5.73. The molecule has 1 N–H and O–H groups in total. The lowest BCUT2D eigenvalue weighted by Gasteiger charge is -2.12. The van der Waals surface area contributed by atoms with Gasteiger partial charge in [-0.3, -0.25) is 10.1 Å². The first-order valence-corrected chi connectivity index (χ1v) is 11.6. The topological polar surface area (TPSA) is 88.6 Å². The Morgan fingerprint density at radius 3 is 2.48 bits per heavy atom. The van der Waals surface area contributed by atoms with Crippen molar-refractivity contribution in [3.63, 3.8) is 0 Å². The first-order chi connectivity index (χ1) is 14.8. The van der Waals surface area contributed by atoms with E-state index in [0.29, 0.717) is 10.9 Å². The number of nitrogens with one attached hydrogen (secondary N) is 1. The second kappa shape index (κ2) is 8.46. The first-order valence-electron chi connectivity index (χ1n) is 9.30. The summed E-state index contributed by atoms with van der Waals surface area (Å²) < 4.78 is 32.4. The van der Waals surface area contributed by atoms with Gasteiger partial charge in [0.05, 0.1) is 15.1 Å². The van der Waals surface area contributed by atoms with Gasteiger partial charge in [-0.2, -0.15) is 0 Å². The van der Waals surface area contributed by atoms with Crippen LogP contribution in [0.3, 0.4) is 0 Å². The van der Waals surface area contributed by atoms with Crippen LogP contribution < -0.4 is 10.1 Å². The molecule has 0 radical (unpaired) electrons. The Morgan fingerprint density at radius 1 is 0.968 bits per heavy atom. The standard InChI is InChI=1S/C22H19N3O4S2/c1-25(2)31(27,28)18-10-6-7-15(13-18)21(26)24-22-23-19-12-11-17(14-20(19)30-22)29-16-8-4-3-5-9-16/h3-14H,1-2H3,(H,23,24,26). The number of amides is 1. The van der Waals surface area contributed by atoms with Crippen LogP contribution in [0, 0.1) is 0 Å². The Labute approximate surface area is 184 Å². The van der Waals surface area contributed by atoms with Gasteiger partial charge in [-0.15, -0.1) is 0 Å². The van der Waals surface area contributed by atoms with Crippen LogP contribution in [-0.4, -0.2) is 37.7 Å². The maximum atomic E-state index is 12.7. The summed E-state index contributed by atoms with van der Waals surface area (Å²) in [6, 6.07) is 20.8. The third-order valence-corrected chi connectivity index (χ3v) is 7.18. The van der Waals surface area contributed by atoms with E-state index in [4.69, 9.17) is 4.74 Å². The van der Waals surface area contributed by atoms with Gasteiger partial charge in [0.1, 0.15) is 11.5 Å². The van der Waals surface area contributed by atoms with Gasteiger partial charge < -0.3 is 4.74 Å². The Balaban J connectivity index is 1.54. The molecule has 0 aliphatic rings. The van der Waals surface area contributed by atoms with Gasteiger partial charge in [0.2, 0.25) is 10.0 Å². The zero-order valence-electron chi connectivity index (χ0n) is 16.8. The van der Waals surface area contributed by atoms with Crippen molar-refractivity contribution >= 4 is 42.6 Å². The fourth-order valence-electron chi connectivity index (χ4n) is 2.82. The van der Waals surface area contributed by atoms with Crippen molar-refractivity contribution in [2.45, 2.75) is 4.90 Å². The number of hydrogen-bond donors (Lipinski definition) is 1. The predicted molar refractivity (Wildman–Crippen MR) is 121 cm³/mol. The van der Waals surface area contributed by atoms with Gasteiger partial charge in [-0.25, -0.2) is 17.7 Å². The van der Waals surface area contributed by atoms with Gasteiger partial charge >= 0.3 is 0 Å². The number of anilines is 1. The zero-order chi connectivity index (χ0) is 22.0. The van der Waals surface area contributed by atoms with Crippen molar-refractivity contribution in [2.24, 2.45) is 0 Å². The summed E-state index contributed by atoms with van der Waals surface area (Å²) in [4.78, 5) is 17.2. The first kappa shape index (κ1) is 21.0. The third-order valence-electron chi connectivity index (χ3n) is 4.43. The summed E-state index contributed by atoms with van der Waals surface area (Å²) in [5.41, 5.74) is 0.958. The number of fused-ring (bicyclic) bond motifs is 1. The van der Waals surface area contributed by atoms with E-state index in [0.717, 1.165) is 20.3 Å². The van der Waals surface area contributed by atoms with Crippen LogP contribution in [0.15, 0.2) is 77.7 Å². The SMILES string of the molecule is CN(C)S(=O)(=O)c1cccc(C(=O)Nc2nc3ccc(Oc4ccccc4)cc3s2)c1. The Morgan fingerprint density at radius 2 is 1.74 bits per heavy atom. The number of thiazole rings is 1. The lowest BCUT2D eigenvalue weighted by molar-refractivity contribution is 0.102. The van der Waals surface area contributed by atoms with E-state index < -0.39 is 15.9 Å². The molecule has 3 aromatic carbocycles. The molecule has 1 amide bonds. The molecule has 0 saturated carbocycles. The van der Waals surface area contributed by atoms with Gasteiger partial charge in [0.25, 0.3) is 5.91 Å². The predicted octanol–water partition coefficient (Wildman–Crippen LogP) is 4.59. The maximum Gasteiger partial charge on any atom is 0.257 e. The van der Waals surface area contributed by atoms with Crippen LogP contribution in [0.5, 0.6) is 11.5 Å². The molecular formula is C22H19N3O4S2. The van der Waals surface area contributed by atoms with Gasteiger partial charge in [-0.1, -0.05) is 35.6 Å². The summed E-state index contributed by atoms with van der Waals surface area (Å²) >= 11 is 1.31. The number of carbonyl (C=O) groups is 1. The molecule has 1 heterocycles. The van der Waals surface area contributed by atoms with Crippen LogP contribution in [0.1, 0.15) is 10.4 Å². The number of para-hydroxylation sites is 1. The molecule has 0 fully saturated rings. The van der Waals surface area contributed by atoms with Gasteiger partial charge in [0.15, 0.2) is 5.13 Å². The number of sulfonamides is 1. The number of hydrogen-bond acceptors (Lipinski definition) is 6. The number of rotatable bonds is 6. The third kappa shape index (κ3) is 4.58. The largest absolute Gasteiger partial charge is 0.457 e. The summed E-state index contributed by atoms with van der Waals surface area (Å²) in [5, 5.41) is 3.16. The minimum absolute atomic E-state index is 0.0529. The zero-order valence-corrected chi connectivity index (χ0v) is 18.4. The highest BCUT2D eigenvalue weighted by molar-refractivity contribution is 7.89. The number of carbonyl (C=O) groups excluding carboxylic acids is 1. The number of aromatic nitrogens is 1. The molecule has 7 nitrogen and oxygen atoms in total. The van der Waals surface area contributed by atoms with Gasteiger partial charge in [0, 0.05) is 25.7 Å². The fourth-order valence-corrected chi connectivity index (χ4v) is 4.66. The van der Waals surface area contributed by atoms with Crippen molar-refractivity contribution in [1.29, 1.82) is 0 Å².